The van der Waals surface area contributed by atoms with E-state index >= 15 is 0 Å². The second kappa shape index (κ2) is 3.73. The summed E-state index contributed by atoms with van der Waals surface area (Å²) in [5, 5.41) is 11.4. The van der Waals surface area contributed by atoms with Gasteiger partial charge in [0, 0.05) is 6.08 Å². The van der Waals surface area contributed by atoms with Gasteiger partial charge >= 0.3 is 5.97 Å². The molecule has 0 radical (unpaired) electrons. The van der Waals surface area contributed by atoms with Crippen molar-refractivity contribution < 1.29 is 14.7 Å². The van der Waals surface area contributed by atoms with Gasteiger partial charge in [0.25, 0.3) is 0 Å². The van der Waals surface area contributed by atoms with Crippen LogP contribution in [0.15, 0.2) is 24.3 Å². The minimum atomic E-state index is -1.01. The van der Waals surface area contributed by atoms with E-state index in [1.54, 1.807) is 6.07 Å². The van der Waals surface area contributed by atoms with Crippen LogP contribution in [0.4, 0.5) is 5.69 Å². The zero-order chi connectivity index (χ0) is 12.6. The number of amides is 1. The van der Waals surface area contributed by atoms with Crippen LogP contribution in [-0.2, 0) is 15.0 Å². The highest BCUT2D eigenvalue weighted by atomic mass is 16.4. The SMILES string of the molecule is CC1(C)C(=O)Nc2c(/C=C/C(=O)O)cccc21. The normalized spacial score (nSPS) is 16.9. The zero-order valence-electron chi connectivity index (χ0n) is 9.65. The third-order valence-corrected chi connectivity index (χ3v) is 2.98. The molecule has 0 spiro atoms. The van der Waals surface area contributed by atoms with Gasteiger partial charge in [0.15, 0.2) is 0 Å². The summed E-state index contributed by atoms with van der Waals surface area (Å²) in [6.45, 7) is 3.69. The highest BCUT2D eigenvalue weighted by Gasteiger charge is 2.38. The van der Waals surface area contributed by atoms with Crippen molar-refractivity contribution in [3.63, 3.8) is 0 Å². The standard InChI is InChI=1S/C13H13NO3/c1-13(2)9-5-3-4-8(6-7-10(15)16)11(9)14-12(13)17/h3-7H,1-2H3,(H,14,17)(H,15,16)/b7-6+. The molecular weight excluding hydrogens is 218 g/mol. The molecular formula is C13H13NO3. The number of carbonyl (C=O) groups excluding carboxylic acids is 1. The van der Waals surface area contributed by atoms with Crippen molar-refractivity contribution in [1.29, 1.82) is 0 Å². The molecule has 1 aromatic rings. The minimum absolute atomic E-state index is 0.0660. The van der Waals surface area contributed by atoms with Crippen LogP contribution < -0.4 is 5.32 Å². The minimum Gasteiger partial charge on any atom is -0.478 e. The Morgan fingerprint density at radius 1 is 1.41 bits per heavy atom. The molecule has 0 aromatic heterocycles. The lowest BCUT2D eigenvalue weighted by Crippen LogP contribution is -2.26. The molecule has 0 atom stereocenters. The first-order chi connectivity index (χ1) is 7.93. The Morgan fingerprint density at radius 3 is 2.76 bits per heavy atom. The molecule has 0 unspecified atom stereocenters. The molecule has 0 aliphatic carbocycles. The van der Waals surface area contributed by atoms with Crippen LogP contribution in [0.25, 0.3) is 6.08 Å². The molecule has 0 saturated heterocycles. The fourth-order valence-electron chi connectivity index (χ4n) is 1.92. The van der Waals surface area contributed by atoms with Crippen molar-refractivity contribution in [3.8, 4) is 0 Å². The number of carboxylic acid groups (broad SMARTS) is 1. The van der Waals surface area contributed by atoms with Crippen LogP contribution in [0.3, 0.4) is 0 Å². The second-order valence-corrected chi connectivity index (χ2v) is 4.52. The maximum absolute atomic E-state index is 11.8. The number of para-hydroxylation sites is 1. The van der Waals surface area contributed by atoms with E-state index in [9.17, 15) is 9.59 Å². The van der Waals surface area contributed by atoms with E-state index < -0.39 is 11.4 Å². The predicted octanol–water partition coefficient (Wildman–Crippen LogP) is 2.01. The largest absolute Gasteiger partial charge is 0.478 e. The zero-order valence-corrected chi connectivity index (χ0v) is 9.65. The molecule has 0 bridgehead atoms. The van der Waals surface area contributed by atoms with E-state index in [1.165, 1.54) is 6.08 Å². The Balaban J connectivity index is 2.51. The van der Waals surface area contributed by atoms with Gasteiger partial charge in [-0.15, -0.1) is 0 Å². The van der Waals surface area contributed by atoms with Gasteiger partial charge in [-0.05, 0) is 31.1 Å². The highest BCUT2D eigenvalue weighted by molar-refractivity contribution is 6.07. The summed E-state index contributed by atoms with van der Waals surface area (Å²) in [4.78, 5) is 22.3. The first-order valence-electron chi connectivity index (χ1n) is 5.29. The molecule has 1 aromatic carbocycles. The summed E-state index contributed by atoms with van der Waals surface area (Å²) in [5.74, 6) is -1.07. The number of aliphatic carboxylic acids is 1. The summed E-state index contributed by atoms with van der Waals surface area (Å²) >= 11 is 0. The lowest BCUT2D eigenvalue weighted by Gasteiger charge is -2.14. The Kier molecular flexibility index (Phi) is 2.50. The van der Waals surface area contributed by atoms with Gasteiger partial charge < -0.3 is 10.4 Å². The van der Waals surface area contributed by atoms with Crippen molar-refractivity contribution in [1.82, 2.24) is 0 Å². The summed E-state index contributed by atoms with van der Waals surface area (Å²) in [7, 11) is 0. The number of rotatable bonds is 2. The second-order valence-electron chi connectivity index (χ2n) is 4.52. The number of hydrogen-bond acceptors (Lipinski definition) is 2. The van der Waals surface area contributed by atoms with Crippen molar-refractivity contribution >= 4 is 23.6 Å². The van der Waals surface area contributed by atoms with E-state index in [-0.39, 0.29) is 5.91 Å². The van der Waals surface area contributed by atoms with Crippen LogP contribution in [0, 0.1) is 0 Å². The molecule has 88 valence electrons. The summed E-state index contributed by atoms with van der Waals surface area (Å²) in [6, 6.07) is 5.48. The van der Waals surface area contributed by atoms with Gasteiger partial charge in [-0.25, -0.2) is 4.79 Å². The van der Waals surface area contributed by atoms with Crippen molar-refractivity contribution in [3.05, 3.63) is 35.4 Å². The monoisotopic (exact) mass is 231 g/mol. The number of carbonyl (C=O) groups is 2. The van der Waals surface area contributed by atoms with Crippen LogP contribution in [0.1, 0.15) is 25.0 Å². The van der Waals surface area contributed by atoms with Gasteiger partial charge in [0.1, 0.15) is 0 Å². The van der Waals surface area contributed by atoms with E-state index in [4.69, 9.17) is 5.11 Å². The lowest BCUT2D eigenvalue weighted by atomic mass is 9.85. The van der Waals surface area contributed by atoms with Gasteiger partial charge in [-0.3, -0.25) is 4.79 Å². The molecule has 0 saturated carbocycles. The van der Waals surface area contributed by atoms with Crippen molar-refractivity contribution in [2.75, 3.05) is 5.32 Å². The molecule has 0 fully saturated rings. The first-order valence-corrected chi connectivity index (χ1v) is 5.29. The molecule has 1 heterocycles. The number of anilines is 1. The molecule has 4 heteroatoms. The fraction of sp³-hybridized carbons (Fsp3) is 0.231. The Bertz CT molecular complexity index is 529. The summed E-state index contributed by atoms with van der Waals surface area (Å²) < 4.78 is 0. The van der Waals surface area contributed by atoms with E-state index in [2.05, 4.69) is 5.32 Å². The number of nitrogens with one attached hydrogen (secondary N) is 1. The summed E-state index contributed by atoms with van der Waals surface area (Å²) in [5.41, 5.74) is 1.75. The Hall–Kier alpha value is -2.10. The smallest absolute Gasteiger partial charge is 0.328 e. The number of benzene rings is 1. The Morgan fingerprint density at radius 2 is 2.12 bits per heavy atom. The van der Waals surface area contributed by atoms with Gasteiger partial charge in [-0.2, -0.15) is 0 Å². The van der Waals surface area contributed by atoms with E-state index in [0.717, 1.165) is 11.6 Å². The van der Waals surface area contributed by atoms with Gasteiger partial charge in [0.2, 0.25) is 5.91 Å². The fourth-order valence-corrected chi connectivity index (χ4v) is 1.92. The summed E-state index contributed by atoms with van der Waals surface area (Å²) in [6.07, 6.45) is 2.55. The third-order valence-electron chi connectivity index (χ3n) is 2.98. The molecule has 4 nitrogen and oxygen atoms in total. The van der Waals surface area contributed by atoms with Crippen molar-refractivity contribution in [2.24, 2.45) is 0 Å². The number of carboxylic acids is 1. The lowest BCUT2D eigenvalue weighted by molar-refractivity contribution is -0.131. The van der Waals surface area contributed by atoms with Crippen molar-refractivity contribution in [2.45, 2.75) is 19.3 Å². The van der Waals surface area contributed by atoms with Gasteiger partial charge in [0.05, 0.1) is 11.1 Å². The quantitative estimate of drug-likeness (QED) is 0.765. The maximum Gasteiger partial charge on any atom is 0.328 e. The van der Waals surface area contributed by atoms with Crippen LogP contribution in [0.5, 0.6) is 0 Å². The average Bonchev–Trinajstić information content (AvgIpc) is 2.48. The maximum atomic E-state index is 11.8. The first kappa shape index (κ1) is 11.4. The predicted molar refractivity (Wildman–Crippen MR) is 64.8 cm³/mol. The van der Waals surface area contributed by atoms with Crippen LogP contribution >= 0.6 is 0 Å². The third kappa shape index (κ3) is 1.82. The van der Waals surface area contributed by atoms with E-state index in [1.807, 2.05) is 26.0 Å². The topological polar surface area (TPSA) is 66.4 Å². The van der Waals surface area contributed by atoms with Gasteiger partial charge in [-0.1, -0.05) is 18.2 Å². The molecule has 17 heavy (non-hydrogen) atoms. The molecule has 1 aliphatic rings. The highest BCUT2D eigenvalue weighted by Crippen LogP contribution is 2.39. The number of fused-ring (bicyclic) bond motifs is 1. The molecule has 1 amide bonds. The van der Waals surface area contributed by atoms with Crippen LogP contribution in [-0.4, -0.2) is 17.0 Å². The Labute approximate surface area is 99.0 Å². The van der Waals surface area contributed by atoms with Crippen LogP contribution in [0.2, 0.25) is 0 Å². The molecule has 1 aliphatic heterocycles. The number of hydrogen-bond donors (Lipinski definition) is 2. The molecule has 2 rings (SSSR count). The average molecular weight is 231 g/mol. The van der Waals surface area contributed by atoms with E-state index in [0.29, 0.717) is 11.3 Å². The molecule has 2 N–H and O–H groups in total.